The Kier molecular flexibility index (Phi) is 9.69. The Balaban J connectivity index is 4.76. The van der Waals surface area contributed by atoms with E-state index in [2.05, 4.69) is 0 Å². The van der Waals surface area contributed by atoms with Crippen LogP contribution in [0.15, 0.2) is 0 Å². The number of ether oxygens (including phenoxy) is 1. The van der Waals surface area contributed by atoms with Gasteiger partial charge < -0.3 is 18.3 Å². The maximum absolute atomic E-state index is 12.7. The largest absolute Gasteiger partial charge is 0.375 e. The van der Waals surface area contributed by atoms with Crippen LogP contribution >= 0.6 is 15.7 Å². The predicted molar refractivity (Wildman–Crippen MR) is 79.9 cm³/mol. The average Bonchev–Trinajstić information content (AvgIpc) is 2.12. The van der Waals surface area contributed by atoms with Gasteiger partial charge in [0.15, 0.2) is 8.38 Å². The summed E-state index contributed by atoms with van der Waals surface area (Å²) in [6, 6.07) is 0. The predicted octanol–water partition coefficient (Wildman–Crippen LogP) is 4.41. The lowest BCUT2D eigenvalue weighted by Gasteiger charge is -2.27. The van der Waals surface area contributed by atoms with Gasteiger partial charge in [0, 0.05) is 7.11 Å². The minimum absolute atomic E-state index is 0.0277. The molecule has 7 heteroatoms. The van der Waals surface area contributed by atoms with Crippen LogP contribution in [0.25, 0.3) is 0 Å². The first-order valence-electron chi connectivity index (χ1n) is 6.55. The van der Waals surface area contributed by atoms with Crippen LogP contribution in [0.5, 0.6) is 0 Å². The second kappa shape index (κ2) is 9.44. The van der Waals surface area contributed by atoms with Gasteiger partial charge in [-0.3, -0.25) is 4.57 Å². The van der Waals surface area contributed by atoms with E-state index in [1.165, 1.54) is 7.11 Å². The molecule has 0 fully saturated rings. The van der Waals surface area contributed by atoms with Gasteiger partial charge in [0.25, 0.3) is 0 Å². The van der Waals surface area contributed by atoms with Crippen molar-refractivity contribution in [2.24, 2.45) is 0 Å². The molecule has 0 bridgehead atoms. The van der Waals surface area contributed by atoms with Crippen molar-refractivity contribution in [3.63, 3.8) is 0 Å². The van der Waals surface area contributed by atoms with E-state index in [9.17, 15) is 4.57 Å². The van der Waals surface area contributed by atoms with Crippen LogP contribution in [-0.4, -0.2) is 37.7 Å². The van der Waals surface area contributed by atoms with Gasteiger partial charge in [0.1, 0.15) is 6.35 Å². The van der Waals surface area contributed by atoms with Gasteiger partial charge in [-0.25, -0.2) is 0 Å². The van der Waals surface area contributed by atoms with E-state index in [4.69, 9.17) is 18.3 Å². The fourth-order valence-corrected chi connectivity index (χ4v) is 6.17. The summed E-state index contributed by atoms with van der Waals surface area (Å²) in [6.07, 6.45) is 0.0307. The summed E-state index contributed by atoms with van der Waals surface area (Å²) in [4.78, 5) is 0. The summed E-state index contributed by atoms with van der Waals surface area (Å²) in [6.45, 7) is 11.5. The van der Waals surface area contributed by atoms with Crippen molar-refractivity contribution in [2.45, 2.75) is 59.9 Å². The first-order valence-corrected chi connectivity index (χ1v) is 9.91. The summed E-state index contributed by atoms with van der Waals surface area (Å²) in [7, 11) is -2.61. The maximum atomic E-state index is 12.7. The van der Waals surface area contributed by atoms with Crippen LogP contribution in [0.2, 0.25) is 0 Å². The fraction of sp³-hybridized carbons (Fsp3) is 1.00. The molecule has 0 aliphatic rings. The molecular formula is C12H28O5P2. The van der Waals surface area contributed by atoms with Crippen molar-refractivity contribution in [3.05, 3.63) is 0 Å². The maximum Gasteiger partial charge on any atom is 0.236 e. The summed E-state index contributed by atoms with van der Waals surface area (Å²) in [5.41, 5.74) is 0. The lowest BCUT2D eigenvalue weighted by atomic mass is 10.5. The topological polar surface area (TPSA) is 54.0 Å². The lowest BCUT2D eigenvalue weighted by molar-refractivity contribution is 0.175. The summed E-state index contributed by atoms with van der Waals surface area (Å²) >= 11 is 0. The van der Waals surface area contributed by atoms with Crippen LogP contribution in [0.3, 0.4) is 0 Å². The van der Waals surface area contributed by atoms with Crippen molar-refractivity contribution in [1.29, 1.82) is 0 Å². The number of methoxy groups -OCH3 is 1. The third-order valence-electron chi connectivity index (χ3n) is 1.72. The standard InChI is InChI=1S/C12H28O5P2/c1-10(2)15-18(16-11(3)4)9-19(13,8-14-7)17-12(5)6/h10-12H,8-9H2,1-7H3. The molecule has 1 atom stereocenters. The monoisotopic (exact) mass is 314 g/mol. The Morgan fingerprint density at radius 3 is 1.74 bits per heavy atom. The Morgan fingerprint density at radius 1 is 0.947 bits per heavy atom. The minimum Gasteiger partial charge on any atom is -0.375 e. The van der Waals surface area contributed by atoms with Gasteiger partial charge in [-0.05, 0) is 41.5 Å². The zero-order chi connectivity index (χ0) is 15.1. The first kappa shape index (κ1) is 19.5. The molecule has 0 N–H and O–H groups in total. The molecule has 0 rings (SSSR count). The molecule has 0 heterocycles. The number of hydrogen-bond acceptors (Lipinski definition) is 5. The lowest BCUT2D eigenvalue weighted by Crippen LogP contribution is -2.11. The molecule has 116 valence electrons. The van der Waals surface area contributed by atoms with E-state index >= 15 is 0 Å². The Hall–Kier alpha value is 0.500. The Labute approximate surface area is 118 Å². The summed E-state index contributed by atoms with van der Waals surface area (Å²) in [5.74, 6) is 0.269. The van der Waals surface area contributed by atoms with E-state index in [1.807, 2.05) is 41.5 Å². The fourth-order valence-electron chi connectivity index (χ4n) is 1.42. The molecule has 1 unspecified atom stereocenters. The average molecular weight is 314 g/mol. The molecule has 0 aromatic carbocycles. The van der Waals surface area contributed by atoms with E-state index < -0.39 is 15.7 Å². The van der Waals surface area contributed by atoms with E-state index in [0.29, 0.717) is 0 Å². The van der Waals surface area contributed by atoms with Gasteiger partial charge >= 0.3 is 0 Å². The molecule has 0 aliphatic carbocycles. The van der Waals surface area contributed by atoms with Crippen molar-refractivity contribution in [3.8, 4) is 0 Å². The second-order valence-electron chi connectivity index (χ2n) is 5.17. The van der Waals surface area contributed by atoms with E-state index in [0.717, 1.165) is 0 Å². The normalized spacial score (nSPS) is 15.7. The van der Waals surface area contributed by atoms with Crippen LogP contribution in [0, 0.1) is 0 Å². The molecule has 0 aromatic heterocycles. The van der Waals surface area contributed by atoms with Crippen LogP contribution in [-0.2, 0) is 22.9 Å². The SMILES string of the molecule is COCP(=O)(CP(OC(C)C)OC(C)C)OC(C)C. The van der Waals surface area contributed by atoms with Crippen LogP contribution in [0.1, 0.15) is 41.5 Å². The summed E-state index contributed by atoms with van der Waals surface area (Å²) in [5, 5.41) is 0. The van der Waals surface area contributed by atoms with Crippen LogP contribution < -0.4 is 0 Å². The molecule has 0 spiro atoms. The third kappa shape index (κ3) is 9.95. The van der Waals surface area contributed by atoms with Gasteiger partial charge in [0.2, 0.25) is 7.37 Å². The van der Waals surface area contributed by atoms with Gasteiger partial charge in [-0.2, -0.15) is 0 Å². The van der Waals surface area contributed by atoms with E-state index in [1.54, 1.807) is 0 Å². The molecule has 0 saturated heterocycles. The Bertz CT molecular complexity index is 271. The quantitative estimate of drug-likeness (QED) is 0.559. The molecule has 0 amide bonds. The number of hydrogen-bond donors (Lipinski definition) is 0. The highest BCUT2D eigenvalue weighted by molar-refractivity contribution is 7.71. The van der Waals surface area contributed by atoms with Crippen molar-refractivity contribution in [2.75, 3.05) is 19.4 Å². The summed E-state index contributed by atoms with van der Waals surface area (Å²) < 4.78 is 34.7. The van der Waals surface area contributed by atoms with Crippen molar-refractivity contribution < 1.29 is 22.9 Å². The number of rotatable bonds is 10. The molecule has 0 radical (unpaired) electrons. The molecule has 0 saturated carbocycles. The molecule has 19 heavy (non-hydrogen) atoms. The second-order valence-corrected chi connectivity index (χ2v) is 9.49. The smallest absolute Gasteiger partial charge is 0.236 e. The highest BCUT2D eigenvalue weighted by atomic mass is 31.2. The zero-order valence-corrected chi connectivity index (χ0v) is 14.9. The van der Waals surface area contributed by atoms with Gasteiger partial charge in [-0.15, -0.1) is 0 Å². The minimum atomic E-state index is -2.89. The Morgan fingerprint density at radius 2 is 1.42 bits per heavy atom. The highest BCUT2D eigenvalue weighted by Gasteiger charge is 2.32. The highest BCUT2D eigenvalue weighted by Crippen LogP contribution is 2.60. The molecule has 0 aliphatic heterocycles. The molecule has 5 nitrogen and oxygen atoms in total. The zero-order valence-electron chi connectivity index (χ0n) is 13.1. The molecular weight excluding hydrogens is 286 g/mol. The van der Waals surface area contributed by atoms with E-state index in [-0.39, 0.29) is 30.6 Å². The third-order valence-corrected chi connectivity index (χ3v) is 7.13. The van der Waals surface area contributed by atoms with Crippen molar-refractivity contribution >= 4 is 15.7 Å². The van der Waals surface area contributed by atoms with Gasteiger partial charge in [0.05, 0.1) is 24.2 Å². The van der Waals surface area contributed by atoms with Crippen LogP contribution in [0.4, 0.5) is 0 Å². The molecule has 0 aromatic rings. The first-order chi connectivity index (χ1) is 8.68. The van der Waals surface area contributed by atoms with Crippen molar-refractivity contribution in [1.82, 2.24) is 0 Å². The van der Waals surface area contributed by atoms with Gasteiger partial charge in [-0.1, -0.05) is 0 Å².